The predicted octanol–water partition coefficient (Wildman–Crippen LogP) is 4.61. The van der Waals surface area contributed by atoms with Crippen molar-refractivity contribution in [2.24, 2.45) is 0 Å². The van der Waals surface area contributed by atoms with E-state index < -0.39 is 0 Å². The van der Waals surface area contributed by atoms with Crippen LogP contribution < -0.4 is 0 Å². The van der Waals surface area contributed by atoms with E-state index in [1.165, 1.54) is 0 Å². The summed E-state index contributed by atoms with van der Waals surface area (Å²) in [6, 6.07) is 1.68. The van der Waals surface area contributed by atoms with Crippen molar-refractivity contribution >= 4 is 46.4 Å². The molecule has 0 saturated heterocycles. The summed E-state index contributed by atoms with van der Waals surface area (Å²) < 4.78 is 0. The summed E-state index contributed by atoms with van der Waals surface area (Å²) in [6.07, 6.45) is 0. The molecule has 60 valence electrons. The lowest BCUT2D eigenvalue weighted by Gasteiger charge is -2.03. The van der Waals surface area contributed by atoms with Gasteiger partial charge in [-0.15, -0.1) is 0 Å². The van der Waals surface area contributed by atoms with E-state index in [4.69, 9.17) is 46.4 Å². The highest BCUT2D eigenvalue weighted by atomic mass is 35.5. The summed E-state index contributed by atoms with van der Waals surface area (Å²) in [6.45, 7) is 1.82. The van der Waals surface area contributed by atoms with Crippen LogP contribution in [0, 0.1) is 6.92 Å². The molecule has 1 aromatic rings. The van der Waals surface area contributed by atoms with Crippen molar-refractivity contribution in [1.29, 1.82) is 0 Å². The van der Waals surface area contributed by atoms with Gasteiger partial charge in [0.05, 0.1) is 20.1 Å². The van der Waals surface area contributed by atoms with Gasteiger partial charge in [-0.3, -0.25) is 0 Å². The zero-order chi connectivity index (χ0) is 8.59. The van der Waals surface area contributed by atoms with E-state index in [1.54, 1.807) is 6.07 Å². The lowest BCUT2D eigenvalue weighted by atomic mass is 10.2. The number of hydrogen-bond acceptors (Lipinski definition) is 0. The summed E-state index contributed by atoms with van der Waals surface area (Å²) in [5.74, 6) is 0. The average molecular weight is 230 g/mol. The molecule has 0 unspecified atom stereocenters. The van der Waals surface area contributed by atoms with Crippen LogP contribution in [-0.4, -0.2) is 0 Å². The second-order valence-electron chi connectivity index (χ2n) is 2.12. The van der Waals surface area contributed by atoms with Gasteiger partial charge >= 0.3 is 0 Å². The molecule has 1 aromatic carbocycles. The summed E-state index contributed by atoms with van der Waals surface area (Å²) in [4.78, 5) is 0. The van der Waals surface area contributed by atoms with E-state index in [0.29, 0.717) is 20.1 Å². The number of rotatable bonds is 0. The molecule has 0 bridgehead atoms. The minimum Gasteiger partial charge on any atom is -0.0826 e. The van der Waals surface area contributed by atoms with Crippen molar-refractivity contribution < 1.29 is 0 Å². The topological polar surface area (TPSA) is 0 Å². The Morgan fingerprint density at radius 2 is 1.45 bits per heavy atom. The van der Waals surface area contributed by atoms with Crippen LogP contribution in [0.3, 0.4) is 0 Å². The van der Waals surface area contributed by atoms with Crippen molar-refractivity contribution in [1.82, 2.24) is 0 Å². The smallest absolute Gasteiger partial charge is 0.0796 e. The van der Waals surface area contributed by atoms with Crippen molar-refractivity contribution in [3.63, 3.8) is 0 Å². The van der Waals surface area contributed by atoms with Crippen LogP contribution in [0.4, 0.5) is 0 Å². The van der Waals surface area contributed by atoms with Crippen LogP contribution in [0.15, 0.2) is 6.07 Å². The van der Waals surface area contributed by atoms with E-state index in [2.05, 4.69) is 0 Å². The highest BCUT2D eigenvalue weighted by Gasteiger charge is 2.09. The molecule has 1 rings (SSSR count). The minimum absolute atomic E-state index is 0.309. The van der Waals surface area contributed by atoms with Crippen LogP contribution in [-0.2, 0) is 0 Å². The summed E-state index contributed by atoms with van der Waals surface area (Å²) in [5, 5.41) is 1.52. The Kier molecular flexibility index (Phi) is 2.93. The van der Waals surface area contributed by atoms with Gasteiger partial charge in [-0.1, -0.05) is 46.4 Å². The first-order valence-electron chi connectivity index (χ1n) is 2.83. The van der Waals surface area contributed by atoms with E-state index in [-0.39, 0.29) is 0 Å². The third-order valence-electron chi connectivity index (χ3n) is 1.28. The maximum absolute atomic E-state index is 5.78. The highest BCUT2D eigenvalue weighted by molar-refractivity contribution is 6.51. The van der Waals surface area contributed by atoms with Gasteiger partial charge in [0.15, 0.2) is 0 Å². The van der Waals surface area contributed by atoms with E-state index in [1.807, 2.05) is 6.92 Å². The Bertz CT molecular complexity index is 267. The van der Waals surface area contributed by atoms with Crippen molar-refractivity contribution in [2.45, 2.75) is 6.92 Å². The minimum atomic E-state index is 0.309. The molecule has 0 radical (unpaired) electrons. The molecule has 0 N–H and O–H groups in total. The second kappa shape index (κ2) is 3.40. The van der Waals surface area contributed by atoms with Gasteiger partial charge in [0.1, 0.15) is 0 Å². The first-order valence-corrected chi connectivity index (χ1v) is 4.35. The summed E-state index contributed by atoms with van der Waals surface area (Å²) in [5.41, 5.74) is 0.825. The number of halogens is 4. The molecular formula is C7H4Cl4. The Morgan fingerprint density at radius 1 is 0.909 bits per heavy atom. The molecule has 0 spiro atoms. The Hall–Kier alpha value is 0.380. The fraction of sp³-hybridized carbons (Fsp3) is 0.143. The van der Waals surface area contributed by atoms with Crippen molar-refractivity contribution in [2.75, 3.05) is 0 Å². The number of aryl methyl sites for hydroxylation is 1. The first kappa shape index (κ1) is 9.47. The van der Waals surface area contributed by atoms with Gasteiger partial charge in [-0.05, 0) is 18.6 Å². The Labute approximate surface area is 85.0 Å². The van der Waals surface area contributed by atoms with Crippen LogP contribution in [0.2, 0.25) is 20.1 Å². The molecule has 0 aliphatic carbocycles. The molecule has 0 heterocycles. The molecule has 0 aromatic heterocycles. The van der Waals surface area contributed by atoms with Crippen molar-refractivity contribution in [3.05, 3.63) is 31.7 Å². The standard InChI is InChI=1S/C7H4Cl4/c1-3-2-4(8)6(10)7(11)5(3)9/h2H,1H3. The fourth-order valence-electron chi connectivity index (χ4n) is 0.691. The lowest BCUT2D eigenvalue weighted by molar-refractivity contribution is 1.47. The SMILES string of the molecule is Cc1cc(Cl)c(Cl)c(Cl)c1Cl. The third kappa shape index (κ3) is 1.75. The van der Waals surface area contributed by atoms with E-state index >= 15 is 0 Å². The fourth-order valence-corrected chi connectivity index (χ4v) is 1.59. The van der Waals surface area contributed by atoms with Gasteiger partial charge in [-0.25, -0.2) is 0 Å². The molecular weight excluding hydrogens is 226 g/mol. The normalized spacial score (nSPS) is 10.3. The highest BCUT2D eigenvalue weighted by Crippen LogP contribution is 2.37. The molecule has 0 saturated carbocycles. The lowest BCUT2D eigenvalue weighted by Crippen LogP contribution is -1.79. The summed E-state index contributed by atoms with van der Waals surface area (Å²) >= 11 is 22.9. The maximum Gasteiger partial charge on any atom is 0.0796 e. The summed E-state index contributed by atoms with van der Waals surface area (Å²) in [7, 11) is 0. The van der Waals surface area contributed by atoms with Crippen molar-refractivity contribution in [3.8, 4) is 0 Å². The molecule has 0 aliphatic heterocycles. The zero-order valence-corrected chi connectivity index (χ0v) is 8.61. The van der Waals surface area contributed by atoms with E-state index in [0.717, 1.165) is 5.56 Å². The zero-order valence-electron chi connectivity index (χ0n) is 5.59. The molecule has 11 heavy (non-hydrogen) atoms. The maximum atomic E-state index is 5.78. The predicted molar refractivity (Wildman–Crippen MR) is 51.2 cm³/mol. The molecule has 0 aliphatic rings. The van der Waals surface area contributed by atoms with Crippen LogP contribution in [0.1, 0.15) is 5.56 Å². The number of hydrogen-bond donors (Lipinski definition) is 0. The van der Waals surface area contributed by atoms with Gasteiger partial charge in [-0.2, -0.15) is 0 Å². The van der Waals surface area contributed by atoms with Crippen LogP contribution >= 0.6 is 46.4 Å². The third-order valence-corrected chi connectivity index (χ3v) is 3.13. The van der Waals surface area contributed by atoms with Gasteiger partial charge in [0, 0.05) is 0 Å². The van der Waals surface area contributed by atoms with E-state index in [9.17, 15) is 0 Å². The largest absolute Gasteiger partial charge is 0.0826 e. The second-order valence-corrected chi connectivity index (χ2v) is 3.66. The number of benzene rings is 1. The molecule has 0 atom stereocenters. The van der Waals surface area contributed by atoms with Crippen LogP contribution in [0.25, 0.3) is 0 Å². The first-order chi connectivity index (χ1) is 5.04. The molecule has 0 amide bonds. The quantitative estimate of drug-likeness (QED) is 0.450. The molecule has 0 nitrogen and oxygen atoms in total. The Balaban J connectivity index is 3.46. The molecule has 4 heteroatoms. The van der Waals surface area contributed by atoms with Gasteiger partial charge in [0.2, 0.25) is 0 Å². The van der Waals surface area contributed by atoms with Crippen LogP contribution in [0.5, 0.6) is 0 Å². The Morgan fingerprint density at radius 3 is 2.00 bits per heavy atom. The average Bonchev–Trinajstić information content (AvgIpc) is 1.97. The van der Waals surface area contributed by atoms with Gasteiger partial charge in [0.25, 0.3) is 0 Å². The van der Waals surface area contributed by atoms with Gasteiger partial charge < -0.3 is 0 Å². The monoisotopic (exact) mass is 228 g/mol. The molecule has 0 fully saturated rings.